The van der Waals surface area contributed by atoms with Crippen LogP contribution in [0, 0.1) is 0 Å². The number of piperidine rings is 1. The molecule has 0 radical (unpaired) electrons. The molecule has 82 valence electrons. The fourth-order valence-electron chi connectivity index (χ4n) is 2.34. The Labute approximate surface area is 88.9 Å². The van der Waals surface area contributed by atoms with Gasteiger partial charge < -0.3 is 0 Å². The van der Waals surface area contributed by atoms with Gasteiger partial charge in [-0.15, -0.1) is 0 Å². The van der Waals surface area contributed by atoms with Gasteiger partial charge in [-0.1, -0.05) is 0 Å². The monoisotopic (exact) mass is 207 g/mol. The predicted molar refractivity (Wildman–Crippen MR) is 57.9 cm³/mol. The van der Waals surface area contributed by atoms with Gasteiger partial charge in [-0.2, -0.15) is 0 Å². The van der Waals surface area contributed by atoms with Gasteiger partial charge in [-0.25, -0.2) is 4.79 Å². The summed E-state index contributed by atoms with van der Waals surface area (Å²) in [5.41, 5.74) is 0.164. The lowest BCUT2D eigenvalue weighted by Crippen LogP contribution is -2.37. The molecule has 3 rings (SSSR count). The Morgan fingerprint density at radius 2 is 1.93 bits per heavy atom. The highest BCUT2D eigenvalue weighted by Crippen LogP contribution is 2.33. The van der Waals surface area contributed by atoms with Crippen LogP contribution in [0.2, 0.25) is 0 Å². The van der Waals surface area contributed by atoms with E-state index in [1.807, 2.05) is 21.5 Å². The molecule has 0 bridgehead atoms. The van der Waals surface area contributed by atoms with Gasteiger partial charge in [0, 0.05) is 18.4 Å². The average Bonchev–Trinajstić information content (AvgIpc) is 3.04. The van der Waals surface area contributed by atoms with E-state index in [0.29, 0.717) is 6.04 Å². The van der Waals surface area contributed by atoms with E-state index >= 15 is 0 Å². The smallest absolute Gasteiger partial charge is 0.297 e. The number of imidazole rings is 1. The topological polar surface area (TPSA) is 39.0 Å². The van der Waals surface area contributed by atoms with Crippen molar-refractivity contribution in [3.05, 3.63) is 22.9 Å². The van der Waals surface area contributed by atoms with Crippen molar-refractivity contribution in [1.82, 2.24) is 14.5 Å². The number of hydrogen-bond donors (Lipinski definition) is 1. The molecule has 2 fully saturated rings. The van der Waals surface area contributed by atoms with Crippen LogP contribution in [0.4, 0.5) is 0 Å². The highest BCUT2D eigenvalue weighted by molar-refractivity contribution is 4.93. The van der Waals surface area contributed by atoms with Gasteiger partial charge in [0.15, 0.2) is 0 Å². The van der Waals surface area contributed by atoms with E-state index < -0.39 is 0 Å². The summed E-state index contributed by atoms with van der Waals surface area (Å²) in [5, 5.41) is 3.40. The first kappa shape index (κ1) is 9.21. The molecule has 0 amide bonds. The van der Waals surface area contributed by atoms with Crippen LogP contribution in [0.1, 0.15) is 44.3 Å². The van der Waals surface area contributed by atoms with Crippen LogP contribution in [0.25, 0.3) is 0 Å². The number of nitrogens with zero attached hydrogens (tertiary/aromatic N) is 2. The summed E-state index contributed by atoms with van der Waals surface area (Å²) < 4.78 is 3.74. The summed E-state index contributed by atoms with van der Waals surface area (Å²) in [6, 6.07) is 0.488. The Morgan fingerprint density at radius 1 is 1.13 bits per heavy atom. The van der Waals surface area contributed by atoms with Crippen LogP contribution >= 0.6 is 0 Å². The van der Waals surface area contributed by atoms with Gasteiger partial charge in [0.1, 0.15) is 0 Å². The third-order valence-electron chi connectivity index (χ3n) is 3.39. The lowest BCUT2D eigenvalue weighted by Gasteiger charge is -2.23. The van der Waals surface area contributed by atoms with Crippen LogP contribution in [-0.4, -0.2) is 15.7 Å². The molecule has 1 saturated carbocycles. The van der Waals surface area contributed by atoms with Crippen molar-refractivity contribution >= 4 is 0 Å². The number of hydrogen-bond acceptors (Lipinski definition) is 2. The van der Waals surface area contributed by atoms with Crippen LogP contribution in [0.5, 0.6) is 0 Å². The highest BCUT2D eigenvalue weighted by atomic mass is 16.2. The third-order valence-corrected chi connectivity index (χ3v) is 3.39. The zero-order chi connectivity index (χ0) is 10.3. The first-order chi connectivity index (χ1) is 7.36. The highest BCUT2D eigenvalue weighted by Gasteiger charge is 2.27. The van der Waals surface area contributed by atoms with E-state index in [9.17, 15) is 4.79 Å². The standard InChI is InChI=1S/C11H17N3O/c15-11-13(9-4-5-9)7-8-14(11)10-3-1-2-6-12-10/h7-10,12H,1-6H2. The summed E-state index contributed by atoms with van der Waals surface area (Å²) in [6.45, 7) is 1.03. The van der Waals surface area contributed by atoms with Gasteiger partial charge in [0.2, 0.25) is 0 Å². The molecule has 1 saturated heterocycles. The summed E-state index contributed by atoms with van der Waals surface area (Å²) >= 11 is 0. The third kappa shape index (κ3) is 1.63. The van der Waals surface area contributed by atoms with Gasteiger partial charge in [0.05, 0.1) is 6.17 Å². The second-order valence-electron chi connectivity index (χ2n) is 4.59. The van der Waals surface area contributed by atoms with Crippen LogP contribution < -0.4 is 11.0 Å². The molecule has 2 aliphatic rings. The maximum atomic E-state index is 12.0. The molecule has 1 atom stereocenters. The Balaban J connectivity index is 1.87. The molecule has 1 aliphatic carbocycles. The van der Waals surface area contributed by atoms with E-state index in [4.69, 9.17) is 0 Å². The maximum Gasteiger partial charge on any atom is 0.329 e. The SMILES string of the molecule is O=c1n(C2CC2)ccn1C1CCCCN1. The molecular weight excluding hydrogens is 190 g/mol. The molecular formula is C11H17N3O. The van der Waals surface area contributed by atoms with Crippen LogP contribution in [-0.2, 0) is 0 Å². The molecule has 1 unspecified atom stereocenters. The minimum Gasteiger partial charge on any atom is -0.297 e. The summed E-state index contributed by atoms with van der Waals surface area (Å²) in [4.78, 5) is 12.0. The fourth-order valence-corrected chi connectivity index (χ4v) is 2.34. The van der Waals surface area contributed by atoms with Gasteiger partial charge in [-0.3, -0.25) is 14.5 Å². The molecule has 15 heavy (non-hydrogen) atoms. The van der Waals surface area contributed by atoms with Crippen molar-refractivity contribution in [1.29, 1.82) is 0 Å². The zero-order valence-electron chi connectivity index (χ0n) is 8.85. The number of nitrogens with one attached hydrogen (secondary N) is 1. The Bertz CT molecular complexity index is 396. The largest absolute Gasteiger partial charge is 0.329 e. The first-order valence-corrected chi connectivity index (χ1v) is 5.88. The van der Waals surface area contributed by atoms with Gasteiger partial charge >= 0.3 is 5.69 Å². The minimum absolute atomic E-state index is 0.164. The molecule has 4 heteroatoms. The molecule has 2 heterocycles. The second kappa shape index (κ2) is 3.52. The van der Waals surface area contributed by atoms with Crippen molar-refractivity contribution in [2.24, 2.45) is 0 Å². The minimum atomic E-state index is 0.164. The molecule has 0 aromatic carbocycles. The Morgan fingerprint density at radius 3 is 2.60 bits per heavy atom. The van der Waals surface area contributed by atoms with E-state index in [1.54, 1.807) is 0 Å². The lowest BCUT2D eigenvalue weighted by molar-refractivity contribution is 0.312. The van der Waals surface area contributed by atoms with Crippen LogP contribution in [0.15, 0.2) is 17.2 Å². The van der Waals surface area contributed by atoms with Gasteiger partial charge in [0.25, 0.3) is 0 Å². The van der Waals surface area contributed by atoms with Crippen LogP contribution in [0.3, 0.4) is 0 Å². The van der Waals surface area contributed by atoms with Crippen molar-refractivity contribution in [3.8, 4) is 0 Å². The molecule has 1 aromatic heterocycles. The van der Waals surface area contributed by atoms with Crippen molar-refractivity contribution in [2.75, 3.05) is 6.54 Å². The quantitative estimate of drug-likeness (QED) is 0.793. The van der Waals surface area contributed by atoms with Crippen molar-refractivity contribution < 1.29 is 0 Å². The van der Waals surface area contributed by atoms with Crippen molar-refractivity contribution in [2.45, 2.75) is 44.3 Å². The number of rotatable bonds is 2. The van der Waals surface area contributed by atoms with E-state index in [-0.39, 0.29) is 11.9 Å². The molecule has 1 aromatic rings. The fraction of sp³-hybridized carbons (Fsp3) is 0.727. The van der Waals surface area contributed by atoms with E-state index in [0.717, 1.165) is 13.0 Å². The Kier molecular flexibility index (Phi) is 2.16. The van der Waals surface area contributed by atoms with Crippen molar-refractivity contribution in [3.63, 3.8) is 0 Å². The van der Waals surface area contributed by atoms with Gasteiger partial charge in [-0.05, 0) is 38.6 Å². The van der Waals surface area contributed by atoms with E-state index in [1.165, 1.54) is 25.7 Å². The second-order valence-corrected chi connectivity index (χ2v) is 4.59. The molecule has 1 aliphatic heterocycles. The zero-order valence-corrected chi connectivity index (χ0v) is 8.85. The normalized spacial score (nSPS) is 26.8. The summed E-state index contributed by atoms with van der Waals surface area (Å²) in [7, 11) is 0. The van der Waals surface area contributed by atoms with E-state index in [2.05, 4.69) is 5.32 Å². The predicted octanol–water partition coefficient (Wildman–Crippen LogP) is 1.26. The number of aromatic nitrogens is 2. The first-order valence-electron chi connectivity index (χ1n) is 5.88. The maximum absolute atomic E-state index is 12.0. The summed E-state index contributed by atoms with van der Waals surface area (Å²) in [6.07, 6.45) is 9.97. The average molecular weight is 207 g/mol. The molecule has 0 spiro atoms. The molecule has 1 N–H and O–H groups in total. The lowest BCUT2D eigenvalue weighted by atomic mass is 10.1. The Hall–Kier alpha value is -1.03. The molecule has 4 nitrogen and oxygen atoms in total. The summed E-state index contributed by atoms with van der Waals surface area (Å²) in [5.74, 6) is 0.